The van der Waals surface area contributed by atoms with Crippen LogP contribution in [0.4, 0.5) is 18.9 Å². The summed E-state index contributed by atoms with van der Waals surface area (Å²) in [7, 11) is -3.66. The van der Waals surface area contributed by atoms with Crippen molar-refractivity contribution < 1.29 is 26.4 Å². The number of carbonyl (C=O) groups excluding carboxylic acids is 1. The summed E-state index contributed by atoms with van der Waals surface area (Å²) in [6, 6.07) is 5.29. The lowest BCUT2D eigenvalue weighted by molar-refractivity contribution is -0.137. The second-order valence-corrected chi connectivity index (χ2v) is 10.6. The number of aromatic nitrogens is 4. The van der Waals surface area contributed by atoms with Crippen LogP contribution < -0.4 is 4.90 Å². The minimum Gasteiger partial charge on any atom is -0.367 e. The van der Waals surface area contributed by atoms with Crippen molar-refractivity contribution >= 4 is 21.4 Å². The van der Waals surface area contributed by atoms with Crippen molar-refractivity contribution in [2.45, 2.75) is 31.7 Å². The number of nitrogens with zero attached hydrogens (tertiary/aromatic N) is 6. The predicted octanol–water partition coefficient (Wildman–Crippen LogP) is 2.73. The van der Waals surface area contributed by atoms with E-state index in [0.717, 1.165) is 29.8 Å². The number of rotatable bonds is 5. The van der Waals surface area contributed by atoms with Crippen LogP contribution in [0.15, 0.2) is 41.8 Å². The minimum absolute atomic E-state index is 0.0849. The van der Waals surface area contributed by atoms with Gasteiger partial charge >= 0.3 is 6.18 Å². The molecule has 1 aromatic carbocycles. The molecule has 0 N–H and O–H groups in total. The number of halogens is 3. The zero-order chi connectivity index (χ0) is 26.3. The van der Waals surface area contributed by atoms with E-state index >= 15 is 0 Å². The highest BCUT2D eigenvalue weighted by Crippen LogP contribution is 2.37. The topological polar surface area (TPSA) is 101 Å². The molecular formula is C23H25F3N6O3S. The van der Waals surface area contributed by atoms with E-state index in [1.54, 1.807) is 9.58 Å². The van der Waals surface area contributed by atoms with E-state index in [1.165, 1.54) is 18.5 Å². The summed E-state index contributed by atoms with van der Waals surface area (Å²) < 4.78 is 65.4. The fourth-order valence-corrected chi connectivity index (χ4v) is 4.61. The molecule has 192 valence electrons. The van der Waals surface area contributed by atoms with Gasteiger partial charge in [-0.2, -0.15) is 18.3 Å². The Kier molecular flexibility index (Phi) is 6.78. The van der Waals surface area contributed by atoms with Gasteiger partial charge in [0.2, 0.25) is 20.9 Å². The quantitative estimate of drug-likeness (QED) is 0.475. The van der Waals surface area contributed by atoms with Crippen LogP contribution in [0, 0.1) is 13.8 Å². The number of sulfone groups is 1. The molecule has 1 aliphatic rings. The number of anilines is 1. The summed E-state index contributed by atoms with van der Waals surface area (Å²) in [6.45, 7) is 5.45. The van der Waals surface area contributed by atoms with Crippen molar-refractivity contribution in [3.8, 4) is 11.1 Å². The van der Waals surface area contributed by atoms with E-state index in [0.29, 0.717) is 31.9 Å². The fraction of sp³-hybridized carbons (Fsp3) is 0.391. The molecule has 2 aromatic heterocycles. The molecule has 0 spiro atoms. The predicted molar refractivity (Wildman–Crippen MR) is 126 cm³/mol. The first-order chi connectivity index (χ1) is 16.8. The third-order valence-corrected chi connectivity index (χ3v) is 6.83. The fourth-order valence-electron chi connectivity index (χ4n) is 4.13. The van der Waals surface area contributed by atoms with Gasteiger partial charge in [0, 0.05) is 67.3 Å². The third kappa shape index (κ3) is 5.50. The summed E-state index contributed by atoms with van der Waals surface area (Å²) in [6.07, 6.45) is -1.20. The molecule has 1 fully saturated rings. The standard InChI is InChI=1S/C23H25F3N6O3S/c1-15-10-16(2)32(29-15)14-21(33)31-8-6-30(7-9-31)20-5-4-18(23(24,25)26)11-19(20)17-12-27-22(28-13-17)36(3,34)35/h4-5,10-13H,6-9,14H2,1-3H3. The van der Waals surface area contributed by atoms with Crippen molar-refractivity contribution in [2.24, 2.45) is 0 Å². The number of hydrogen-bond acceptors (Lipinski definition) is 7. The van der Waals surface area contributed by atoms with Crippen LogP contribution >= 0.6 is 0 Å². The summed E-state index contributed by atoms with van der Waals surface area (Å²) in [5.41, 5.74) is 1.88. The molecule has 0 bridgehead atoms. The van der Waals surface area contributed by atoms with Crippen LogP contribution in [-0.2, 0) is 27.4 Å². The molecule has 0 atom stereocenters. The Labute approximate surface area is 206 Å². The molecule has 0 saturated carbocycles. The zero-order valence-electron chi connectivity index (χ0n) is 19.9. The van der Waals surface area contributed by atoms with Crippen molar-refractivity contribution in [3.63, 3.8) is 0 Å². The summed E-state index contributed by atoms with van der Waals surface area (Å²) in [4.78, 5) is 24.0. The Morgan fingerprint density at radius 1 is 1.03 bits per heavy atom. The number of alkyl halides is 3. The van der Waals surface area contributed by atoms with E-state index in [4.69, 9.17) is 0 Å². The van der Waals surface area contributed by atoms with Crippen LogP contribution in [0.1, 0.15) is 17.0 Å². The number of aryl methyl sites for hydroxylation is 2. The van der Waals surface area contributed by atoms with Crippen molar-refractivity contribution in [3.05, 3.63) is 53.6 Å². The number of benzene rings is 1. The van der Waals surface area contributed by atoms with Gasteiger partial charge in [0.15, 0.2) is 0 Å². The molecule has 1 saturated heterocycles. The maximum atomic E-state index is 13.5. The van der Waals surface area contributed by atoms with Gasteiger partial charge in [-0.05, 0) is 38.1 Å². The molecule has 9 nitrogen and oxygen atoms in total. The third-order valence-electron chi connectivity index (χ3n) is 5.96. The molecular weight excluding hydrogens is 497 g/mol. The molecule has 3 heterocycles. The lowest BCUT2D eigenvalue weighted by Crippen LogP contribution is -2.49. The smallest absolute Gasteiger partial charge is 0.367 e. The van der Waals surface area contributed by atoms with Gasteiger partial charge in [-0.1, -0.05) is 0 Å². The van der Waals surface area contributed by atoms with Crippen LogP contribution in [-0.4, -0.2) is 71.4 Å². The van der Waals surface area contributed by atoms with E-state index < -0.39 is 26.7 Å². The van der Waals surface area contributed by atoms with Gasteiger partial charge < -0.3 is 9.80 Å². The number of hydrogen-bond donors (Lipinski definition) is 0. The SMILES string of the molecule is Cc1cc(C)n(CC(=O)N2CCN(c3ccc(C(F)(F)F)cc3-c3cnc(S(C)(=O)=O)nc3)CC2)n1. The van der Waals surface area contributed by atoms with Gasteiger partial charge in [-0.25, -0.2) is 18.4 Å². The zero-order valence-corrected chi connectivity index (χ0v) is 20.8. The first-order valence-electron chi connectivity index (χ1n) is 11.1. The lowest BCUT2D eigenvalue weighted by Gasteiger charge is -2.37. The van der Waals surface area contributed by atoms with Crippen LogP contribution in [0.5, 0.6) is 0 Å². The Hall–Kier alpha value is -3.48. The summed E-state index contributed by atoms with van der Waals surface area (Å²) in [5.74, 6) is -0.0849. The molecule has 4 rings (SSSR count). The van der Waals surface area contributed by atoms with E-state index in [2.05, 4.69) is 15.1 Å². The highest BCUT2D eigenvalue weighted by molar-refractivity contribution is 7.90. The van der Waals surface area contributed by atoms with Crippen LogP contribution in [0.3, 0.4) is 0 Å². The minimum atomic E-state index is -4.56. The van der Waals surface area contributed by atoms with Gasteiger partial charge in [0.1, 0.15) is 6.54 Å². The highest BCUT2D eigenvalue weighted by Gasteiger charge is 2.32. The molecule has 1 amide bonds. The first-order valence-corrected chi connectivity index (χ1v) is 13.0. The normalized spacial score (nSPS) is 14.8. The van der Waals surface area contributed by atoms with Gasteiger partial charge in [-0.15, -0.1) is 0 Å². The molecule has 3 aromatic rings. The maximum absolute atomic E-state index is 13.5. The van der Waals surface area contributed by atoms with Crippen LogP contribution in [0.25, 0.3) is 11.1 Å². The first kappa shape index (κ1) is 25.6. The second-order valence-electron chi connectivity index (χ2n) is 8.71. The Morgan fingerprint density at radius 3 is 2.19 bits per heavy atom. The number of carbonyl (C=O) groups is 1. The Morgan fingerprint density at radius 2 is 1.67 bits per heavy atom. The maximum Gasteiger partial charge on any atom is 0.416 e. The molecule has 1 aliphatic heterocycles. The largest absolute Gasteiger partial charge is 0.416 e. The van der Waals surface area contributed by atoms with E-state index in [1.807, 2.05) is 24.8 Å². The van der Waals surface area contributed by atoms with Crippen molar-refractivity contribution in [2.75, 3.05) is 37.3 Å². The van der Waals surface area contributed by atoms with Gasteiger partial charge in [-0.3, -0.25) is 9.48 Å². The summed E-state index contributed by atoms with van der Waals surface area (Å²) >= 11 is 0. The number of piperazine rings is 1. The highest BCUT2D eigenvalue weighted by atomic mass is 32.2. The Balaban J connectivity index is 1.57. The van der Waals surface area contributed by atoms with E-state index in [-0.39, 0.29) is 23.6 Å². The average Bonchev–Trinajstić information content (AvgIpc) is 3.14. The average molecular weight is 523 g/mol. The molecule has 0 unspecified atom stereocenters. The second kappa shape index (κ2) is 9.52. The van der Waals surface area contributed by atoms with Gasteiger partial charge in [0.25, 0.3) is 0 Å². The summed E-state index contributed by atoms with van der Waals surface area (Å²) in [5, 5.41) is 3.91. The van der Waals surface area contributed by atoms with Gasteiger partial charge in [0.05, 0.1) is 11.3 Å². The molecule has 0 aliphatic carbocycles. The molecule has 13 heteroatoms. The van der Waals surface area contributed by atoms with E-state index in [9.17, 15) is 26.4 Å². The van der Waals surface area contributed by atoms with Crippen molar-refractivity contribution in [1.82, 2.24) is 24.6 Å². The van der Waals surface area contributed by atoms with Crippen LogP contribution in [0.2, 0.25) is 0 Å². The molecule has 36 heavy (non-hydrogen) atoms. The lowest BCUT2D eigenvalue weighted by atomic mass is 10.0. The number of amides is 1. The molecule has 0 radical (unpaired) electrons. The Bertz CT molecular complexity index is 1380. The monoisotopic (exact) mass is 522 g/mol. The van der Waals surface area contributed by atoms with Crippen molar-refractivity contribution in [1.29, 1.82) is 0 Å².